The Hall–Kier alpha value is -2.19. The number of benzene rings is 1. The fourth-order valence-corrected chi connectivity index (χ4v) is 5.76. The minimum absolute atomic E-state index is 0.128. The van der Waals surface area contributed by atoms with E-state index >= 15 is 0 Å². The van der Waals surface area contributed by atoms with Gasteiger partial charge in [-0.15, -0.1) is 0 Å². The van der Waals surface area contributed by atoms with Crippen molar-refractivity contribution in [2.75, 3.05) is 18.8 Å². The minimum Gasteiger partial charge on any atom is -0.346 e. The normalized spacial score (nSPS) is 15.7. The number of aromatic nitrogens is 2. The summed E-state index contributed by atoms with van der Waals surface area (Å²) in [5.41, 5.74) is 2.78. The van der Waals surface area contributed by atoms with E-state index in [1.165, 1.54) is 5.56 Å². The standard InChI is InChI=1S/C21H22BrN3O3S/c22-17-4-1-3-15(11-17)13-29(27,28)14-20(26)25-9-6-16(7-10-25)19-12-24-21-18(19)5-2-8-23-21/h1-5,8,11-12,16H,6-7,9-10,13-14H2,(H,23,24). The Morgan fingerprint density at radius 3 is 2.76 bits per heavy atom. The molecule has 1 saturated heterocycles. The molecular weight excluding hydrogens is 454 g/mol. The number of halogens is 1. The zero-order valence-corrected chi connectivity index (χ0v) is 18.2. The lowest BCUT2D eigenvalue weighted by atomic mass is 9.89. The summed E-state index contributed by atoms with van der Waals surface area (Å²) < 4.78 is 25.8. The Bertz CT molecular complexity index is 1130. The maximum atomic E-state index is 12.6. The molecule has 4 rings (SSSR count). The highest BCUT2D eigenvalue weighted by atomic mass is 79.9. The molecule has 3 aromatic rings. The third-order valence-corrected chi connectivity index (χ3v) is 7.34. The van der Waals surface area contributed by atoms with Gasteiger partial charge in [-0.25, -0.2) is 13.4 Å². The predicted octanol–water partition coefficient (Wildman–Crippen LogP) is 3.65. The number of piperidine rings is 1. The van der Waals surface area contributed by atoms with Crippen LogP contribution < -0.4 is 0 Å². The van der Waals surface area contributed by atoms with Gasteiger partial charge in [-0.3, -0.25) is 4.79 Å². The van der Waals surface area contributed by atoms with Crippen LogP contribution in [0.5, 0.6) is 0 Å². The Balaban J connectivity index is 1.36. The van der Waals surface area contributed by atoms with Gasteiger partial charge in [0.15, 0.2) is 9.84 Å². The lowest BCUT2D eigenvalue weighted by molar-refractivity contribution is -0.129. The molecular formula is C21H22BrN3O3S. The first kappa shape index (κ1) is 20.1. The zero-order chi connectivity index (χ0) is 20.4. The fraction of sp³-hybridized carbons (Fsp3) is 0.333. The second kappa shape index (κ2) is 8.28. The summed E-state index contributed by atoms with van der Waals surface area (Å²) in [5, 5.41) is 1.12. The molecule has 29 heavy (non-hydrogen) atoms. The molecule has 2 aromatic heterocycles. The number of nitrogens with one attached hydrogen (secondary N) is 1. The van der Waals surface area contributed by atoms with E-state index in [4.69, 9.17) is 0 Å². The zero-order valence-electron chi connectivity index (χ0n) is 15.8. The van der Waals surface area contributed by atoms with Crippen LogP contribution in [0.1, 0.15) is 29.9 Å². The van der Waals surface area contributed by atoms with Crippen molar-refractivity contribution in [3.05, 3.63) is 64.4 Å². The van der Waals surface area contributed by atoms with Crippen molar-refractivity contribution in [2.45, 2.75) is 24.5 Å². The number of pyridine rings is 1. The van der Waals surface area contributed by atoms with Crippen LogP contribution >= 0.6 is 15.9 Å². The van der Waals surface area contributed by atoms with Gasteiger partial charge in [0.1, 0.15) is 11.4 Å². The molecule has 0 spiro atoms. The lowest BCUT2D eigenvalue weighted by Gasteiger charge is -2.32. The number of carbonyl (C=O) groups excluding carboxylic acids is 1. The number of H-pyrrole nitrogens is 1. The quantitative estimate of drug-likeness (QED) is 0.610. The van der Waals surface area contributed by atoms with Gasteiger partial charge < -0.3 is 9.88 Å². The van der Waals surface area contributed by atoms with Crippen LogP contribution in [0.25, 0.3) is 11.0 Å². The Morgan fingerprint density at radius 2 is 2.00 bits per heavy atom. The molecule has 3 heterocycles. The summed E-state index contributed by atoms with van der Waals surface area (Å²) in [5.74, 6) is -0.535. The van der Waals surface area contributed by atoms with Crippen molar-refractivity contribution >= 4 is 42.7 Å². The van der Waals surface area contributed by atoms with Gasteiger partial charge in [0, 0.05) is 35.3 Å². The monoisotopic (exact) mass is 475 g/mol. The maximum Gasteiger partial charge on any atom is 0.237 e. The smallest absolute Gasteiger partial charge is 0.237 e. The summed E-state index contributed by atoms with van der Waals surface area (Å²) in [4.78, 5) is 21.8. The van der Waals surface area contributed by atoms with Crippen LogP contribution in [0.15, 0.2) is 53.3 Å². The second-order valence-corrected chi connectivity index (χ2v) is 10.4. The topological polar surface area (TPSA) is 83.1 Å². The third kappa shape index (κ3) is 4.70. The van der Waals surface area contributed by atoms with Crippen LogP contribution in [0.2, 0.25) is 0 Å². The number of likely N-dealkylation sites (tertiary alicyclic amines) is 1. The molecule has 1 N–H and O–H groups in total. The van der Waals surface area contributed by atoms with Crippen molar-refractivity contribution in [3.63, 3.8) is 0 Å². The molecule has 1 amide bonds. The molecule has 8 heteroatoms. The van der Waals surface area contributed by atoms with Crippen molar-refractivity contribution in [1.29, 1.82) is 0 Å². The van der Waals surface area contributed by atoms with E-state index in [0.717, 1.165) is 28.3 Å². The molecule has 0 unspecified atom stereocenters. The van der Waals surface area contributed by atoms with E-state index in [-0.39, 0.29) is 11.7 Å². The van der Waals surface area contributed by atoms with E-state index in [2.05, 4.69) is 32.0 Å². The first-order chi connectivity index (χ1) is 13.9. The largest absolute Gasteiger partial charge is 0.346 e. The van der Waals surface area contributed by atoms with E-state index in [0.29, 0.717) is 24.6 Å². The van der Waals surface area contributed by atoms with Gasteiger partial charge >= 0.3 is 0 Å². The van der Waals surface area contributed by atoms with Crippen LogP contribution in [0.4, 0.5) is 0 Å². The lowest BCUT2D eigenvalue weighted by Crippen LogP contribution is -2.41. The second-order valence-electron chi connectivity index (χ2n) is 7.46. The average Bonchev–Trinajstić information content (AvgIpc) is 3.11. The van der Waals surface area contributed by atoms with Crippen molar-refractivity contribution < 1.29 is 13.2 Å². The van der Waals surface area contributed by atoms with Gasteiger partial charge in [0.25, 0.3) is 0 Å². The highest BCUT2D eigenvalue weighted by molar-refractivity contribution is 9.10. The molecule has 1 fully saturated rings. The SMILES string of the molecule is O=C(CS(=O)(=O)Cc1cccc(Br)c1)N1CCC(c2c[nH]c3ncccc23)CC1. The van der Waals surface area contributed by atoms with Crippen LogP contribution in [-0.2, 0) is 20.4 Å². The van der Waals surface area contributed by atoms with E-state index in [9.17, 15) is 13.2 Å². The number of hydrogen-bond acceptors (Lipinski definition) is 4. The molecule has 0 saturated carbocycles. The Labute approximate surface area is 178 Å². The number of hydrogen-bond donors (Lipinski definition) is 1. The minimum atomic E-state index is -3.51. The Morgan fingerprint density at radius 1 is 1.21 bits per heavy atom. The number of nitrogens with zero attached hydrogens (tertiary/aromatic N) is 2. The third-order valence-electron chi connectivity index (χ3n) is 5.39. The van der Waals surface area contributed by atoms with Gasteiger partial charge in [0.05, 0.1) is 5.75 Å². The molecule has 152 valence electrons. The number of amides is 1. The van der Waals surface area contributed by atoms with Gasteiger partial charge in [-0.2, -0.15) is 0 Å². The molecule has 1 aromatic carbocycles. The first-order valence-corrected chi connectivity index (χ1v) is 12.2. The van der Waals surface area contributed by atoms with Crippen molar-refractivity contribution in [1.82, 2.24) is 14.9 Å². The average molecular weight is 476 g/mol. The van der Waals surface area contributed by atoms with E-state index < -0.39 is 15.6 Å². The van der Waals surface area contributed by atoms with Crippen molar-refractivity contribution in [3.8, 4) is 0 Å². The van der Waals surface area contributed by atoms with Crippen LogP contribution in [0.3, 0.4) is 0 Å². The molecule has 0 radical (unpaired) electrons. The fourth-order valence-electron chi connectivity index (χ4n) is 3.97. The van der Waals surface area contributed by atoms with Crippen LogP contribution in [0, 0.1) is 0 Å². The number of sulfone groups is 1. The van der Waals surface area contributed by atoms with E-state index in [1.807, 2.05) is 18.3 Å². The van der Waals surface area contributed by atoms with Gasteiger partial charge in [-0.05, 0) is 54.2 Å². The summed E-state index contributed by atoms with van der Waals surface area (Å²) >= 11 is 3.34. The molecule has 0 aliphatic carbocycles. The number of carbonyl (C=O) groups is 1. The van der Waals surface area contributed by atoms with E-state index in [1.54, 1.807) is 29.3 Å². The van der Waals surface area contributed by atoms with Crippen LogP contribution in [-0.4, -0.2) is 48.0 Å². The number of aromatic amines is 1. The molecule has 1 aliphatic heterocycles. The molecule has 0 atom stereocenters. The maximum absolute atomic E-state index is 12.6. The Kier molecular flexibility index (Phi) is 5.74. The summed E-state index contributed by atoms with van der Waals surface area (Å²) in [6, 6.07) is 11.1. The van der Waals surface area contributed by atoms with Gasteiger partial charge in [0.2, 0.25) is 5.91 Å². The van der Waals surface area contributed by atoms with Gasteiger partial charge in [-0.1, -0.05) is 28.1 Å². The summed E-state index contributed by atoms with van der Waals surface area (Å²) in [6.07, 6.45) is 5.40. The number of rotatable bonds is 5. The summed E-state index contributed by atoms with van der Waals surface area (Å²) in [7, 11) is -3.51. The predicted molar refractivity (Wildman–Crippen MR) is 116 cm³/mol. The molecule has 1 aliphatic rings. The van der Waals surface area contributed by atoms with Crippen molar-refractivity contribution in [2.24, 2.45) is 0 Å². The first-order valence-electron chi connectivity index (χ1n) is 9.56. The molecule has 6 nitrogen and oxygen atoms in total. The number of fused-ring (bicyclic) bond motifs is 1. The highest BCUT2D eigenvalue weighted by Crippen LogP contribution is 2.32. The summed E-state index contributed by atoms with van der Waals surface area (Å²) in [6.45, 7) is 1.14. The highest BCUT2D eigenvalue weighted by Gasteiger charge is 2.28. The molecule has 0 bridgehead atoms.